The summed E-state index contributed by atoms with van der Waals surface area (Å²) in [6.45, 7) is 0. The molecule has 24 heavy (non-hydrogen) atoms. The Morgan fingerprint density at radius 2 is 1.79 bits per heavy atom. The number of carbonyl (C=O) groups excluding carboxylic acids is 2. The van der Waals surface area contributed by atoms with Crippen LogP contribution in [0, 0.1) is 0 Å². The lowest BCUT2D eigenvalue weighted by molar-refractivity contribution is -0.122. The van der Waals surface area contributed by atoms with Gasteiger partial charge in [-0.25, -0.2) is 0 Å². The van der Waals surface area contributed by atoms with Crippen LogP contribution in [0.15, 0.2) is 54.1 Å². The lowest BCUT2D eigenvalue weighted by Gasteiger charge is -2.29. The van der Waals surface area contributed by atoms with Gasteiger partial charge in [0.05, 0.1) is 5.69 Å². The van der Waals surface area contributed by atoms with Gasteiger partial charge in [0.2, 0.25) is 0 Å². The zero-order valence-corrected chi connectivity index (χ0v) is 14.5. The summed E-state index contributed by atoms with van der Waals surface area (Å²) in [6, 6.07) is 13.6. The molecule has 0 unspecified atom stereocenters. The van der Waals surface area contributed by atoms with Crippen molar-refractivity contribution in [1.29, 1.82) is 0 Å². The summed E-state index contributed by atoms with van der Waals surface area (Å²) in [5.41, 5.74) is 0.982. The van der Waals surface area contributed by atoms with Gasteiger partial charge in [-0.15, -0.1) is 0 Å². The monoisotopic (exact) mass is 376 g/mol. The van der Waals surface area contributed by atoms with Gasteiger partial charge in [-0.05, 0) is 48.1 Å². The van der Waals surface area contributed by atoms with Crippen LogP contribution >= 0.6 is 35.4 Å². The highest BCUT2D eigenvalue weighted by atomic mass is 35.5. The highest BCUT2D eigenvalue weighted by Crippen LogP contribution is 2.25. The summed E-state index contributed by atoms with van der Waals surface area (Å²) in [6.07, 6.45) is 1.44. The van der Waals surface area contributed by atoms with Crippen molar-refractivity contribution in [3.05, 3.63) is 69.7 Å². The topological polar surface area (TPSA) is 49.4 Å². The number of nitrogens with zero attached hydrogens (tertiary/aromatic N) is 1. The second kappa shape index (κ2) is 6.73. The van der Waals surface area contributed by atoms with Crippen molar-refractivity contribution in [3.8, 4) is 0 Å². The van der Waals surface area contributed by atoms with Gasteiger partial charge in [-0.1, -0.05) is 47.5 Å². The van der Waals surface area contributed by atoms with Crippen LogP contribution in [0.1, 0.15) is 5.56 Å². The zero-order valence-electron chi connectivity index (χ0n) is 12.1. The minimum absolute atomic E-state index is 0.00331. The summed E-state index contributed by atoms with van der Waals surface area (Å²) >= 11 is 17.2. The van der Waals surface area contributed by atoms with Gasteiger partial charge < -0.3 is 0 Å². The molecule has 0 atom stereocenters. The molecule has 0 saturated carbocycles. The Hall–Kier alpha value is -2.21. The van der Waals surface area contributed by atoms with E-state index in [0.29, 0.717) is 21.3 Å². The van der Waals surface area contributed by atoms with Crippen LogP contribution in [-0.2, 0) is 9.59 Å². The standard InChI is InChI=1S/C17H10Cl2N2O2S/c18-11-5-3-6-12(9-11)21-16(23)13(15(22)20-17(21)24)8-10-4-1-2-7-14(10)19/h1-9H,(H,20,22,24)/b13-8+. The second-order valence-corrected chi connectivity index (χ2v) is 6.19. The molecule has 1 N–H and O–H groups in total. The predicted molar refractivity (Wildman–Crippen MR) is 99.1 cm³/mol. The van der Waals surface area contributed by atoms with E-state index in [1.165, 1.54) is 11.0 Å². The number of amides is 2. The summed E-state index contributed by atoms with van der Waals surface area (Å²) in [4.78, 5) is 26.2. The van der Waals surface area contributed by atoms with Gasteiger partial charge in [-0.2, -0.15) is 0 Å². The number of nitrogens with one attached hydrogen (secondary N) is 1. The number of hydrogen-bond acceptors (Lipinski definition) is 3. The van der Waals surface area contributed by atoms with Crippen LogP contribution in [0.3, 0.4) is 0 Å². The molecule has 1 aliphatic rings. The Morgan fingerprint density at radius 1 is 1.04 bits per heavy atom. The first-order valence-electron chi connectivity index (χ1n) is 6.89. The molecule has 1 aliphatic heterocycles. The molecule has 2 amide bonds. The van der Waals surface area contributed by atoms with E-state index < -0.39 is 11.8 Å². The molecule has 0 aliphatic carbocycles. The summed E-state index contributed by atoms with van der Waals surface area (Å²) < 4.78 is 0. The van der Waals surface area contributed by atoms with Crippen LogP contribution in [0.25, 0.3) is 6.08 Å². The molecule has 1 heterocycles. The molecule has 1 saturated heterocycles. The van der Waals surface area contributed by atoms with Crippen LogP contribution in [0.4, 0.5) is 5.69 Å². The molecule has 7 heteroatoms. The third-order valence-electron chi connectivity index (χ3n) is 3.37. The number of carbonyl (C=O) groups is 2. The smallest absolute Gasteiger partial charge is 0.270 e. The van der Waals surface area contributed by atoms with E-state index in [-0.39, 0.29) is 10.7 Å². The third kappa shape index (κ3) is 3.19. The molecular formula is C17H10Cl2N2O2S. The lowest BCUT2D eigenvalue weighted by Crippen LogP contribution is -2.54. The quantitative estimate of drug-likeness (QED) is 0.492. The highest BCUT2D eigenvalue weighted by Gasteiger charge is 2.34. The maximum atomic E-state index is 12.8. The Labute approximate surface area is 153 Å². The SMILES string of the molecule is O=C1NC(=S)N(c2cccc(Cl)c2)C(=O)/C1=C/c1ccccc1Cl. The van der Waals surface area contributed by atoms with Crippen LogP contribution in [0.5, 0.6) is 0 Å². The molecule has 120 valence electrons. The largest absolute Gasteiger partial charge is 0.298 e. The molecule has 2 aromatic rings. The van der Waals surface area contributed by atoms with Gasteiger partial charge in [0, 0.05) is 10.0 Å². The Morgan fingerprint density at radius 3 is 2.50 bits per heavy atom. The van der Waals surface area contributed by atoms with Gasteiger partial charge in [0.25, 0.3) is 11.8 Å². The first-order chi connectivity index (χ1) is 11.5. The van der Waals surface area contributed by atoms with Gasteiger partial charge in [0.1, 0.15) is 5.57 Å². The van der Waals surface area contributed by atoms with Crippen LogP contribution < -0.4 is 10.2 Å². The number of hydrogen-bond donors (Lipinski definition) is 1. The van der Waals surface area contributed by atoms with E-state index in [2.05, 4.69) is 5.32 Å². The van der Waals surface area contributed by atoms with E-state index in [1.54, 1.807) is 48.5 Å². The van der Waals surface area contributed by atoms with Crippen molar-refractivity contribution in [3.63, 3.8) is 0 Å². The van der Waals surface area contributed by atoms with E-state index in [0.717, 1.165) is 0 Å². The minimum atomic E-state index is -0.566. The molecule has 0 aromatic heterocycles. The summed E-state index contributed by atoms with van der Waals surface area (Å²) in [5, 5.41) is 3.41. The molecule has 3 rings (SSSR count). The molecule has 4 nitrogen and oxygen atoms in total. The van der Waals surface area contributed by atoms with Crippen molar-refractivity contribution in [1.82, 2.24) is 5.32 Å². The summed E-state index contributed by atoms with van der Waals surface area (Å²) in [5.74, 6) is -1.10. The number of anilines is 1. The van der Waals surface area contributed by atoms with Gasteiger partial charge in [0.15, 0.2) is 5.11 Å². The molecule has 1 fully saturated rings. The van der Waals surface area contributed by atoms with Crippen molar-refractivity contribution in [2.45, 2.75) is 0 Å². The molecule has 0 radical (unpaired) electrons. The average Bonchev–Trinajstić information content (AvgIpc) is 2.53. The van der Waals surface area contributed by atoms with E-state index in [1.807, 2.05) is 0 Å². The maximum absolute atomic E-state index is 12.8. The average molecular weight is 377 g/mol. The molecule has 2 aromatic carbocycles. The Bertz CT molecular complexity index is 896. The Kier molecular flexibility index (Phi) is 4.66. The Balaban J connectivity index is 2.05. The minimum Gasteiger partial charge on any atom is -0.298 e. The van der Waals surface area contributed by atoms with Gasteiger partial charge >= 0.3 is 0 Å². The van der Waals surface area contributed by atoms with E-state index in [9.17, 15) is 9.59 Å². The van der Waals surface area contributed by atoms with Crippen LogP contribution in [0.2, 0.25) is 10.0 Å². The fourth-order valence-corrected chi connectivity index (χ4v) is 2.91. The second-order valence-electron chi connectivity index (χ2n) is 4.96. The molecule has 0 bridgehead atoms. The fraction of sp³-hybridized carbons (Fsp3) is 0. The lowest BCUT2D eigenvalue weighted by atomic mass is 10.1. The predicted octanol–water partition coefficient (Wildman–Crippen LogP) is 3.82. The third-order valence-corrected chi connectivity index (χ3v) is 4.24. The normalized spacial score (nSPS) is 16.5. The van der Waals surface area contributed by atoms with Crippen molar-refractivity contribution in [2.24, 2.45) is 0 Å². The number of thiocarbonyl (C=S) groups is 1. The maximum Gasteiger partial charge on any atom is 0.270 e. The number of rotatable bonds is 2. The first-order valence-corrected chi connectivity index (χ1v) is 8.05. The zero-order chi connectivity index (χ0) is 17.3. The van der Waals surface area contributed by atoms with Gasteiger partial charge in [-0.3, -0.25) is 19.8 Å². The first kappa shape index (κ1) is 16.6. The number of benzene rings is 2. The number of halogens is 2. The van der Waals surface area contributed by atoms with Crippen molar-refractivity contribution in [2.75, 3.05) is 4.90 Å². The molecule has 0 spiro atoms. The highest BCUT2D eigenvalue weighted by molar-refractivity contribution is 7.80. The van der Waals surface area contributed by atoms with Crippen LogP contribution in [-0.4, -0.2) is 16.9 Å². The van der Waals surface area contributed by atoms with E-state index >= 15 is 0 Å². The van der Waals surface area contributed by atoms with Crippen molar-refractivity contribution >= 4 is 64.1 Å². The van der Waals surface area contributed by atoms with Crippen molar-refractivity contribution < 1.29 is 9.59 Å². The molecular weight excluding hydrogens is 367 g/mol. The summed E-state index contributed by atoms with van der Waals surface area (Å²) in [7, 11) is 0. The fourth-order valence-electron chi connectivity index (χ4n) is 2.25. The van der Waals surface area contributed by atoms with E-state index in [4.69, 9.17) is 35.4 Å².